The number of hydrogen-bond donors (Lipinski definition) is 0. The molecule has 0 spiro atoms. The molecule has 1 atom stereocenters. The molecule has 0 bridgehead atoms. The molecule has 2 nitrogen and oxygen atoms in total. The fourth-order valence-corrected chi connectivity index (χ4v) is 3.01. The van der Waals surface area contributed by atoms with Gasteiger partial charge in [0.25, 0.3) is 0 Å². The Labute approximate surface area is 114 Å². The first-order chi connectivity index (χ1) is 8.77. The van der Waals surface area contributed by atoms with Gasteiger partial charge in [0.05, 0.1) is 6.26 Å². The second-order valence-electron chi connectivity index (χ2n) is 4.38. The van der Waals surface area contributed by atoms with E-state index in [1.807, 2.05) is 30.8 Å². The van der Waals surface area contributed by atoms with E-state index >= 15 is 0 Å². The molecule has 0 saturated carbocycles. The van der Waals surface area contributed by atoms with E-state index in [4.69, 9.17) is 4.42 Å². The van der Waals surface area contributed by atoms with Crippen LogP contribution in [0.1, 0.15) is 44.8 Å². The van der Waals surface area contributed by atoms with Crippen molar-refractivity contribution in [3.63, 3.8) is 0 Å². The van der Waals surface area contributed by atoms with Gasteiger partial charge < -0.3 is 4.42 Å². The van der Waals surface area contributed by atoms with Gasteiger partial charge in [-0.2, -0.15) is 0 Å². The number of thioether (sulfide) groups is 1. The monoisotopic (exact) mass is 266 g/mol. The Morgan fingerprint density at radius 3 is 2.89 bits per heavy atom. The van der Waals surface area contributed by atoms with Crippen LogP contribution in [-0.4, -0.2) is 11.5 Å². The van der Waals surface area contributed by atoms with Gasteiger partial charge in [-0.3, -0.25) is 4.79 Å². The third-order valence-electron chi connectivity index (χ3n) is 2.85. The highest BCUT2D eigenvalue weighted by Crippen LogP contribution is 2.32. The van der Waals surface area contributed by atoms with E-state index in [1.165, 1.54) is 30.6 Å². The molecule has 0 N–H and O–H groups in total. The van der Waals surface area contributed by atoms with Gasteiger partial charge in [0, 0.05) is 10.1 Å². The third-order valence-corrected chi connectivity index (χ3v) is 4.29. The van der Waals surface area contributed by atoms with Gasteiger partial charge in [0.15, 0.2) is 0 Å². The van der Waals surface area contributed by atoms with Crippen molar-refractivity contribution in [2.75, 3.05) is 0 Å². The number of rotatable bonds is 9. The molecule has 100 valence electrons. The number of carbonyl (C=O) groups is 1. The molecule has 1 aromatic rings. The van der Waals surface area contributed by atoms with Crippen molar-refractivity contribution in [1.29, 1.82) is 0 Å². The number of allylic oxidation sites excluding steroid dienone is 2. The zero-order valence-electron chi connectivity index (χ0n) is 11.2. The van der Waals surface area contributed by atoms with Crippen molar-refractivity contribution < 1.29 is 9.21 Å². The van der Waals surface area contributed by atoms with Crippen LogP contribution in [0.2, 0.25) is 0 Å². The summed E-state index contributed by atoms with van der Waals surface area (Å²) < 4.78 is 5.32. The Bertz CT molecular complexity index is 368. The summed E-state index contributed by atoms with van der Waals surface area (Å²) >= 11 is 1.86. The molecular formula is C15H22O2S. The molecule has 3 heteroatoms. The van der Waals surface area contributed by atoms with Crippen LogP contribution < -0.4 is 0 Å². The molecule has 0 aliphatic heterocycles. The molecule has 18 heavy (non-hydrogen) atoms. The Balaban J connectivity index is 2.50. The summed E-state index contributed by atoms with van der Waals surface area (Å²) in [4.78, 5) is 11.5. The van der Waals surface area contributed by atoms with E-state index < -0.39 is 0 Å². The van der Waals surface area contributed by atoms with E-state index in [1.54, 1.807) is 12.3 Å². The van der Waals surface area contributed by atoms with Crippen LogP contribution >= 0.6 is 11.8 Å². The summed E-state index contributed by atoms with van der Waals surface area (Å²) in [6.07, 6.45) is 12.0. The van der Waals surface area contributed by atoms with Gasteiger partial charge in [-0.15, -0.1) is 11.8 Å². The number of carbonyl (C=O) groups excluding carboxylic acids is 1. The lowest BCUT2D eigenvalue weighted by Gasteiger charge is -2.13. The van der Waals surface area contributed by atoms with Crippen LogP contribution in [-0.2, 0) is 4.79 Å². The topological polar surface area (TPSA) is 30.2 Å². The molecule has 0 aliphatic carbocycles. The summed E-state index contributed by atoms with van der Waals surface area (Å²) in [6, 6.07) is 2.02. The molecule has 0 fully saturated rings. The first-order valence-corrected chi connectivity index (χ1v) is 7.47. The Morgan fingerprint density at radius 1 is 1.44 bits per heavy atom. The maximum Gasteiger partial charge on any atom is 0.142 e. The predicted molar refractivity (Wildman–Crippen MR) is 77.1 cm³/mol. The Hall–Kier alpha value is -0.960. The lowest BCUT2D eigenvalue weighted by Crippen LogP contribution is -2.01. The zero-order chi connectivity index (χ0) is 13.2. The van der Waals surface area contributed by atoms with Gasteiger partial charge >= 0.3 is 0 Å². The lowest BCUT2D eigenvalue weighted by atomic mass is 10.1. The molecule has 0 amide bonds. The normalized spacial score (nSPS) is 13.0. The molecule has 0 saturated heterocycles. The van der Waals surface area contributed by atoms with Crippen LogP contribution in [0.25, 0.3) is 0 Å². The fraction of sp³-hybridized carbons (Fsp3) is 0.533. The molecule has 1 unspecified atom stereocenters. The summed E-state index contributed by atoms with van der Waals surface area (Å²) in [5.41, 5.74) is 0. The first-order valence-electron chi connectivity index (χ1n) is 6.59. The molecule has 1 aromatic heterocycles. The number of unbranched alkanes of at least 4 members (excludes halogenated alkanes) is 2. The summed E-state index contributed by atoms with van der Waals surface area (Å²) in [5.74, 6) is 0.986. The molecule has 0 radical (unpaired) electrons. The van der Waals surface area contributed by atoms with Crippen LogP contribution in [0.15, 0.2) is 33.8 Å². The van der Waals surface area contributed by atoms with Gasteiger partial charge in [-0.25, -0.2) is 0 Å². The SMILES string of the molecule is CCCCCC(C/C=C/C=O)Sc1ccoc1C. The van der Waals surface area contributed by atoms with E-state index in [2.05, 4.69) is 6.92 Å². The summed E-state index contributed by atoms with van der Waals surface area (Å²) in [5, 5.41) is 0.532. The van der Waals surface area contributed by atoms with Crippen molar-refractivity contribution in [1.82, 2.24) is 0 Å². The van der Waals surface area contributed by atoms with Gasteiger partial charge in [-0.1, -0.05) is 32.3 Å². The molecule has 0 aromatic carbocycles. The maximum absolute atomic E-state index is 10.3. The summed E-state index contributed by atoms with van der Waals surface area (Å²) in [6.45, 7) is 4.21. The van der Waals surface area contributed by atoms with Crippen LogP contribution in [0.3, 0.4) is 0 Å². The van der Waals surface area contributed by atoms with Crippen molar-refractivity contribution in [3.8, 4) is 0 Å². The van der Waals surface area contributed by atoms with E-state index in [9.17, 15) is 4.79 Å². The smallest absolute Gasteiger partial charge is 0.142 e. The van der Waals surface area contributed by atoms with Crippen molar-refractivity contribution in [2.24, 2.45) is 0 Å². The van der Waals surface area contributed by atoms with Crippen LogP contribution in [0.4, 0.5) is 0 Å². The van der Waals surface area contributed by atoms with Crippen LogP contribution in [0, 0.1) is 6.92 Å². The quantitative estimate of drug-likeness (QED) is 0.279. The number of furan rings is 1. The zero-order valence-corrected chi connectivity index (χ0v) is 12.0. The standard InChI is InChI=1S/C15H22O2S/c1-3-4-5-8-14(9-6-7-11-16)18-15-10-12-17-13(15)2/h6-7,10-12,14H,3-5,8-9H2,1-2H3/b7-6+. The minimum Gasteiger partial charge on any atom is -0.468 e. The van der Waals surface area contributed by atoms with E-state index in [-0.39, 0.29) is 0 Å². The molecule has 1 heterocycles. The molecule has 0 aliphatic rings. The average Bonchev–Trinajstić information content (AvgIpc) is 2.75. The number of aryl methyl sites for hydroxylation is 1. The second kappa shape index (κ2) is 9.03. The second-order valence-corrected chi connectivity index (χ2v) is 5.72. The average molecular weight is 266 g/mol. The highest BCUT2D eigenvalue weighted by atomic mass is 32.2. The Morgan fingerprint density at radius 2 is 2.28 bits per heavy atom. The lowest BCUT2D eigenvalue weighted by molar-refractivity contribution is -0.104. The van der Waals surface area contributed by atoms with Crippen molar-refractivity contribution >= 4 is 18.0 Å². The summed E-state index contributed by atoms with van der Waals surface area (Å²) in [7, 11) is 0. The number of hydrogen-bond acceptors (Lipinski definition) is 3. The van der Waals surface area contributed by atoms with E-state index in [0.29, 0.717) is 5.25 Å². The van der Waals surface area contributed by atoms with Crippen molar-refractivity contribution in [3.05, 3.63) is 30.2 Å². The fourth-order valence-electron chi connectivity index (χ4n) is 1.81. The van der Waals surface area contributed by atoms with Crippen molar-refractivity contribution in [2.45, 2.75) is 56.1 Å². The van der Waals surface area contributed by atoms with Gasteiger partial charge in [0.1, 0.15) is 12.0 Å². The highest BCUT2D eigenvalue weighted by molar-refractivity contribution is 8.00. The van der Waals surface area contributed by atoms with Gasteiger partial charge in [-0.05, 0) is 31.9 Å². The highest BCUT2D eigenvalue weighted by Gasteiger charge is 2.11. The maximum atomic E-state index is 10.3. The van der Waals surface area contributed by atoms with E-state index in [0.717, 1.165) is 18.5 Å². The molecular weight excluding hydrogens is 244 g/mol. The number of aldehydes is 1. The molecule has 1 rings (SSSR count). The minimum absolute atomic E-state index is 0.532. The third kappa shape index (κ3) is 5.58. The van der Waals surface area contributed by atoms with Gasteiger partial charge in [0.2, 0.25) is 0 Å². The largest absolute Gasteiger partial charge is 0.468 e. The van der Waals surface area contributed by atoms with Crippen LogP contribution in [0.5, 0.6) is 0 Å². The minimum atomic E-state index is 0.532. The first kappa shape index (κ1) is 15.1. The Kier molecular flexibility index (Phi) is 7.58. The predicted octanol–water partition coefficient (Wildman–Crippen LogP) is 4.77.